The fourth-order valence-corrected chi connectivity index (χ4v) is 3.74. The molecule has 5 aromatic rings. The minimum absolute atomic E-state index is 0.628. The van der Waals surface area contributed by atoms with Crippen molar-refractivity contribution in [1.82, 2.24) is 24.6 Å². The number of hydrogen-bond donors (Lipinski definition) is 2. The summed E-state index contributed by atoms with van der Waals surface area (Å²) in [6.07, 6.45) is 6.16. The summed E-state index contributed by atoms with van der Waals surface area (Å²) >= 11 is 0. The second kappa shape index (κ2) is 6.84. The third-order valence-corrected chi connectivity index (χ3v) is 5.53. The molecule has 6 nitrogen and oxygen atoms in total. The third kappa shape index (κ3) is 3.12. The molecule has 0 unspecified atom stereocenters. The molecule has 3 aromatic heterocycles. The van der Waals surface area contributed by atoms with Crippen molar-refractivity contribution in [3.8, 4) is 22.4 Å². The van der Waals surface area contributed by atoms with E-state index in [-0.39, 0.29) is 0 Å². The van der Waals surface area contributed by atoms with Crippen molar-refractivity contribution in [2.75, 3.05) is 5.32 Å². The molecule has 146 valence electrons. The molecule has 0 bridgehead atoms. The molecule has 2 N–H and O–H groups in total. The molecule has 6 rings (SSSR count). The molecular weight excluding hydrogens is 372 g/mol. The van der Waals surface area contributed by atoms with Gasteiger partial charge < -0.3 is 5.32 Å². The van der Waals surface area contributed by atoms with Crippen molar-refractivity contribution in [1.29, 1.82) is 0 Å². The fraction of sp³-hybridized carbons (Fsp3) is 0.125. The third-order valence-electron chi connectivity index (χ3n) is 5.53. The molecule has 1 saturated carbocycles. The van der Waals surface area contributed by atoms with Crippen molar-refractivity contribution in [3.05, 3.63) is 84.8 Å². The van der Waals surface area contributed by atoms with Crippen LogP contribution in [-0.2, 0) is 0 Å². The maximum atomic E-state index is 4.87. The first-order chi connectivity index (χ1) is 14.8. The van der Waals surface area contributed by atoms with Crippen LogP contribution in [0.5, 0.6) is 0 Å². The zero-order chi connectivity index (χ0) is 19.9. The highest BCUT2D eigenvalue weighted by Crippen LogP contribution is 2.39. The van der Waals surface area contributed by atoms with Gasteiger partial charge in [-0.2, -0.15) is 5.10 Å². The van der Waals surface area contributed by atoms with Crippen molar-refractivity contribution in [2.24, 2.45) is 0 Å². The molecule has 1 aliphatic rings. The Labute approximate surface area is 173 Å². The monoisotopic (exact) mass is 392 g/mol. The van der Waals surface area contributed by atoms with E-state index in [2.05, 4.69) is 75.1 Å². The second-order valence-electron chi connectivity index (χ2n) is 7.67. The number of benzene rings is 2. The van der Waals surface area contributed by atoms with Gasteiger partial charge in [-0.25, -0.2) is 9.97 Å². The zero-order valence-electron chi connectivity index (χ0n) is 16.3. The van der Waals surface area contributed by atoms with E-state index in [1.165, 1.54) is 29.7 Å². The predicted octanol–water partition coefficient (Wildman–Crippen LogP) is 5.41. The molecule has 30 heavy (non-hydrogen) atoms. The Morgan fingerprint density at radius 1 is 0.900 bits per heavy atom. The van der Waals surface area contributed by atoms with Gasteiger partial charge in [0.25, 0.3) is 0 Å². The number of imidazole rings is 1. The molecule has 3 heterocycles. The molecule has 0 spiro atoms. The van der Waals surface area contributed by atoms with Crippen LogP contribution in [0.25, 0.3) is 28.0 Å². The quantitative estimate of drug-likeness (QED) is 0.420. The largest absolute Gasteiger partial charge is 0.308 e. The van der Waals surface area contributed by atoms with Gasteiger partial charge in [0.1, 0.15) is 5.65 Å². The molecule has 0 atom stereocenters. The van der Waals surface area contributed by atoms with Gasteiger partial charge in [0.15, 0.2) is 5.82 Å². The van der Waals surface area contributed by atoms with Gasteiger partial charge in [0.2, 0.25) is 5.95 Å². The lowest BCUT2D eigenvalue weighted by atomic mass is 10.0. The van der Waals surface area contributed by atoms with Crippen LogP contribution in [0.4, 0.5) is 11.8 Å². The van der Waals surface area contributed by atoms with Crippen LogP contribution in [0.2, 0.25) is 0 Å². The number of nitrogens with zero attached hydrogens (tertiary/aromatic N) is 4. The Hall–Kier alpha value is -3.93. The molecule has 0 aliphatic heterocycles. The predicted molar refractivity (Wildman–Crippen MR) is 118 cm³/mol. The summed E-state index contributed by atoms with van der Waals surface area (Å²) in [5.74, 6) is 2.10. The van der Waals surface area contributed by atoms with Gasteiger partial charge in [-0.3, -0.25) is 9.50 Å². The number of aromatic nitrogens is 5. The van der Waals surface area contributed by atoms with Gasteiger partial charge in [-0.15, -0.1) is 0 Å². The van der Waals surface area contributed by atoms with Crippen molar-refractivity contribution in [3.63, 3.8) is 0 Å². The highest BCUT2D eigenvalue weighted by Gasteiger charge is 2.25. The normalized spacial score (nSPS) is 13.6. The van der Waals surface area contributed by atoms with Crippen LogP contribution < -0.4 is 5.32 Å². The topological polar surface area (TPSA) is 70.9 Å². The Bertz CT molecular complexity index is 1310. The van der Waals surface area contributed by atoms with Gasteiger partial charge in [0, 0.05) is 41.7 Å². The number of H-pyrrole nitrogens is 1. The highest BCUT2D eigenvalue weighted by atomic mass is 15.3. The molecule has 0 saturated heterocycles. The number of hydrogen-bond acceptors (Lipinski definition) is 4. The van der Waals surface area contributed by atoms with Crippen molar-refractivity contribution < 1.29 is 0 Å². The maximum absolute atomic E-state index is 4.87. The van der Waals surface area contributed by atoms with Crippen molar-refractivity contribution in [2.45, 2.75) is 18.8 Å². The smallest absolute Gasteiger partial charge is 0.214 e. The molecule has 0 radical (unpaired) electrons. The lowest BCUT2D eigenvalue weighted by Gasteiger charge is -2.09. The lowest BCUT2D eigenvalue weighted by Crippen LogP contribution is -2.02. The van der Waals surface area contributed by atoms with E-state index in [1.54, 1.807) is 6.20 Å². The van der Waals surface area contributed by atoms with Gasteiger partial charge in [-0.1, -0.05) is 54.6 Å². The van der Waals surface area contributed by atoms with Gasteiger partial charge >= 0.3 is 0 Å². The first kappa shape index (κ1) is 17.0. The average molecular weight is 392 g/mol. The first-order valence-electron chi connectivity index (χ1n) is 10.2. The van der Waals surface area contributed by atoms with E-state index in [1.807, 2.05) is 22.7 Å². The Balaban J connectivity index is 1.35. The summed E-state index contributed by atoms with van der Waals surface area (Å²) in [6.45, 7) is 0. The summed E-state index contributed by atoms with van der Waals surface area (Å²) in [6, 6.07) is 22.9. The van der Waals surface area contributed by atoms with E-state index in [4.69, 9.17) is 4.98 Å². The molecular formula is C24H20N6. The summed E-state index contributed by atoms with van der Waals surface area (Å²) in [7, 11) is 0. The van der Waals surface area contributed by atoms with Crippen LogP contribution in [-0.4, -0.2) is 24.6 Å². The van der Waals surface area contributed by atoms with Gasteiger partial charge in [0.05, 0.1) is 5.69 Å². The lowest BCUT2D eigenvalue weighted by molar-refractivity contribution is 0.964. The van der Waals surface area contributed by atoms with E-state index >= 15 is 0 Å². The summed E-state index contributed by atoms with van der Waals surface area (Å²) in [5.41, 5.74) is 6.33. The van der Waals surface area contributed by atoms with Crippen molar-refractivity contribution >= 4 is 17.4 Å². The Morgan fingerprint density at radius 2 is 1.67 bits per heavy atom. The van der Waals surface area contributed by atoms with Crippen LogP contribution in [0.1, 0.15) is 24.5 Å². The molecule has 2 aromatic carbocycles. The van der Waals surface area contributed by atoms with Gasteiger partial charge in [-0.05, 0) is 24.0 Å². The van der Waals surface area contributed by atoms with E-state index in [0.717, 1.165) is 22.7 Å². The SMILES string of the molecule is c1ccc(-c2ccc(-c3cc4nccn4c(Nc4cc(C5CC5)[nH]n4)n3)cc2)cc1. The standard InChI is InChI=1S/C24H20N6/c1-2-4-16(5-3-1)17-6-8-18(9-7-17)20-15-23-25-12-13-30(23)24(26-20)27-22-14-21(28-29-22)19-10-11-19/h1-9,12-15,19H,10-11H2,(H2,26,27,28,29). The number of fused-ring (bicyclic) bond motifs is 1. The van der Waals surface area contributed by atoms with Crippen LogP contribution in [0.15, 0.2) is 79.1 Å². The molecule has 6 heteroatoms. The van der Waals surface area contributed by atoms with E-state index in [9.17, 15) is 0 Å². The number of aromatic amines is 1. The molecule has 1 fully saturated rings. The fourth-order valence-electron chi connectivity index (χ4n) is 3.74. The minimum atomic E-state index is 0.628. The van der Waals surface area contributed by atoms with E-state index in [0.29, 0.717) is 11.9 Å². The van der Waals surface area contributed by atoms with Crippen LogP contribution in [0, 0.1) is 0 Å². The highest BCUT2D eigenvalue weighted by molar-refractivity contribution is 5.71. The summed E-state index contributed by atoms with van der Waals surface area (Å²) < 4.78 is 1.94. The maximum Gasteiger partial charge on any atom is 0.214 e. The van der Waals surface area contributed by atoms with Crippen LogP contribution >= 0.6 is 0 Å². The average Bonchev–Trinajstić information content (AvgIpc) is 3.35. The summed E-state index contributed by atoms with van der Waals surface area (Å²) in [5, 5.41) is 10.9. The number of rotatable bonds is 5. The van der Waals surface area contributed by atoms with E-state index < -0.39 is 0 Å². The Morgan fingerprint density at radius 3 is 2.47 bits per heavy atom. The number of anilines is 2. The Kier molecular flexibility index (Phi) is 3.87. The minimum Gasteiger partial charge on any atom is -0.308 e. The second-order valence-corrected chi connectivity index (χ2v) is 7.67. The molecule has 1 aliphatic carbocycles. The summed E-state index contributed by atoms with van der Waals surface area (Å²) in [4.78, 5) is 9.34. The zero-order valence-corrected chi connectivity index (χ0v) is 16.3. The van der Waals surface area contributed by atoms with Crippen LogP contribution in [0.3, 0.4) is 0 Å². The molecule has 0 amide bonds. The first-order valence-corrected chi connectivity index (χ1v) is 10.2. The number of nitrogens with one attached hydrogen (secondary N) is 2.